The van der Waals surface area contributed by atoms with Crippen molar-refractivity contribution < 1.29 is 21.7 Å². The highest BCUT2D eigenvalue weighted by atomic mass is 32.2. The van der Waals surface area contributed by atoms with Crippen molar-refractivity contribution in [3.05, 3.63) is 41.8 Å². The van der Waals surface area contributed by atoms with Gasteiger partial charge in [-0.05, 0) is 68.7 Å². The predicted molar refractivity (Wildman–Crippen MR) is 120 cm³/mol. The van der Waals surface area contributed by atoms with Crippen LogP contribution in [0.15, 0.2) is 33.9 Å². The van der Waals surface area contributed by atoms with Crippen LogP contribution in [0.3, 0.4) is 0 Å². The summed E-state index contributed by atoms with van der Waals surface area (Å²) in [6.07, 6.45) is 4.56. The van der Waals surface area contributed by atoms with Crippen LogP contribution in [0.2, 0.25) is 0 Å². The number of hydrogen-bond acceptors (Lipinski definition) is 7. The van der Waals surface area contributed by atoms with Gasteiger partial charge < -0.3 is 9.09 Å². The number of benzene rings is 1. The maximum absolute atomic E-state index is 14.6. The minimum Gasteiger partial charge on any atom is -0.339 e. The number of sulfonamides is 1. The van der Waals surface area contributed by atoms with Crippen molar-refractivity contribution in [2.24, 2.45) is 0 Å². The molecule has 186 valence electrons. The lowest BCUT2D eigenvalue weighted by Gasteiger charge is -2.35. The molecule has 1 aromatic carbocycles. The third kappa shape index (κ3) is 4.61. The first-order chi connectivity index (χ1) is 16.7. The Morgan fingerprint density at radius 3 is 2.60 bits per heavy atom. The molecule has 3 fully saturated rings. The number of aromatic nitrogens is 5. The van der Waals surface area contributed by atoms with E-state index in [1.807, 2.05) is 0 Å². The van der Waals surface area contributed by atoms with Crippen LogP contribution in [0, 0.1) is 6.92 Å². The Morgan fingerprint density at radius 1 is 1.14 bits per heavy atom. The van der Waals surface area contributed by atoms with Crippen molar-refractivity contribution in [1.82, 2.24) is 29.6 Å². The third-order valence-corrected chi connectivity index (χ3v) is 8.64. The highest BCUT2D eigenvalue weighted by molar-refractivity contribution is 7.89. The van der Waals surface area contributed by atoms with Gasteiger partial charge in [0.25, 0.3) is 5.92 Å². The average Bonchev–Trinajstić information content (AvgIpc) is 3.72. The second-order valence-electron chi connectivity index (χ2n) is 10.0. The van der Waals surface area contributed by atoms with Crippen LogP contribution in [-0.2, 0) is 10.0 Å². The van der Waals surface area contributed by atoms with E-state index in [9.17, 15) is 17.2 Å². The standard InChI is InChI=1S/C23H26F2N6O3S/c1-13-28-26-12-31(13)18-9-17(10-23(24,25)11-18)30-35(32,33)20-7-6-16(8-19(20)14-2-3-14)21-27-22(34-29-21)15-4-5-15/h6-8,12,14-15,17-18,30H,2-5,9-11H2,1H3/t17-,18+/m1/s1. The van der Waals surface area contributed by atoms with Crippen LogP contribution in [-0.4, -0.2) is 45.3 Å². The third-order valence-electron chi connectivity index (χ3n) is 7.05. The van der Waals surface area contributed by atoms with Gasteiger partial charge in [-0.1, -0.05) is 5.16 Å². The van der Waals surface area contributed by atoms with Crippen LogP contribution < -0.4 is 4.72 Å². The summed E-state index contributed by atoms with van der Waals surface area (Å²) < 4.78 is 65.6. The van der Waals surface area contributed by atoms with Gasteiger partial charge in [-0.25, -0.2) is 21.9 Å². The molecule has 12 heteroatoms. The molecule has 3 saturated carbocycles. The van der Waals surface area contributed by atoms with Crippen LogP contribution in [0.5, 0.6) is 0 Å². The van der Waals surface area contributed by atoms with Crippen molar-refractivity contribution in [2.75, 3.05) is 0 Å². The lowest BCUT2D eigenvalue weighted by molar-refractivity contribution is -0.0579. The smallest absolute Gasteiger partial charge is 0.251 e. The molecule has 0 aliphatic heterocycles. The van der Waals surface area contributed by atoms with E-state index in [2.05, 4.69) is 25.1 Å². The maximum atomic E-state index is 14.6. The molecule has 0 spiro atoms. The van der Waals surface area contributed by atoms with Gasteiger partial charge in [-0.15, -0.1) is 10.2 Å². The Labute approximate surface area is 201 Å². The molecular formula is C23H26F2N6O3S. The highest BCUT2D eigenvalue weighted by Crippen LogP contribution is 2.45. The largest absolute Gasteiger partial charge is 0.339 e. The minimum atomic E-state index is -4.03. The Bertz CT molecular complexity index is 1360. The van der Waals surface area contributed by atoms with Crippen molar-refractivity contribution in [3.63, 3.8) is 0 Å². The first-order valence-corrected chi connectivity index (χ1v) is 13.4. The zero-order valence-electron chi connectivity index (χ0n) is 19.2. The molecule has 1 N–H and O–H groups in total. The fraction of sp³-hybridized carbons (Fsp3) is 0.565. The Kier molecular flexibility index (Phi) is 5.29. The lowest BCUT2D eigenvalue weighted by Crippen LogP contribution is -2.45. The lowest BCUT2D eigenvalue weighted by atomic mass is 9.88. The van der Waals surface area contributed by atoms with Gasteiger partial charge in [0.15, 0.2) is 0 Å². The van der Waals surface area contributed by atoms with E-state index in [0.29, 0.717) is 34.6 Å². The van der Waals surface area contributed by atoms with Crippen molar-refractivity contribution in [2.45, 2.75) is 86.6 Å². The minimum absolute atomic E-state index is 0.108. The molecule has 0 saturated heterocycles. The quantitative estimate of drug-likeness (QED) is 0.515. The average molecular weight is 505 g/mol. The predicted octanol–water partition coefficient (Wildman–Crippen LogP) is 4.10. The zero-order chi connectivity index (χ0) is 24.4. The SMILES string of the molecule is Cc1nncn1[C@H]1C[C@@H](NS(=O)(=O)c2ccc(-c3noc(C4CC4)n3)cc2C2CC2)CC(F)(F)C1. The molecule has 0 radical (unpaired) electrons. The summed E-state index contributed by atoms with van der Waals surface area (Å²) in [4.78, 5) is 4.59. The fourth-order valence-electron chi connectivity index (χ4n) is 5.02. The van der Waals surface area contributed by atoms with E-state index in [-0.39, 0.29) is 23.7 Å². The first-order valence-electron chi connectivity index (χ1n) is 11.9. The number of aryl methyl sites for hydroxylation is 1. The van der Waals surface area contributed by atoms with Crippen molar-refractivity contribution in [1.29, 1.82) is 0 Å². The van der Waals surface area contributed by atoms with E-state index < -0.39 is 34.5 Å². The fourth-order valence-corrected chi connectivity index (χ4v) is 6.55. The Hall–Kier alpha value is -2.73. The van der Waals surface area contributed by atoms with Gasteiger partial charge in [0, 0.05) is 36.4 Å². The molecule has 0 amide bonds. The molecule has 2 atom stereocenters. The summed E-state index contributed by atoms with van der Waals surface area (Å²) >= 11 is 0. The molecule has 6 rings (SSSR count). The van der Waals surface area contributed by atoms with Crippen LogP contribution in [0.1, 0.15) is 80.1 Å². The Morgan fingerprint density at radius 2 is 1.91 bits per heavy atom. The normalized spacial score (nSPS) is 24.5. The topological polar surface area (TPSA) is 116 Å². The number of alkyl halides is 2. The van der Waals surface area contributed by atoms with Crippen LogP contribution in [0.4, 0.5) is 8.78 Å². The zero-order valence-corrected chi connectivity index (χ0v) is 20.0. The first kappa shape index (κ1) is 22.7. The van der Waals surface area contributed by atoms with Crippen LogP contribution >= 0.6 is 0 Å². The van der Waals surface area contributed by atoms with Gasteiger partial charge in [0.05, 0.1) is 4.90 Å². The van der Waals surface area contributed by atoms with Crippen molar-refractivity contribution in [3.8, 4) is 11.4 Å². The number of nitrogens with zero attached hydrogens (tertiary/aromatic N) is 5. The maximum Gasteiger partial charge on any atom is 0.251 e. The van der Waals surface area contributed by atoms with E-state index in [1.165, 1.54) is 12.4 Å². The molecule has 0 unspecified atom stereocenters. The Balaban J connectivity index is 1.27. The summed E-state index contributed by atoms with van der Waals surface area (Å²) in [5.74, 6) is -1.01. The van der Waals surface area contributed by atoms with E-state index in [1.54, 1.807) is 23.6 Å². The number of nitrogens with one attached hydrogen (secondary N) is 1. The summed E-state index contributed by atoms with van der Waals surface area (Å²) in [6, 6.07) is 3.47. The molecule has 2 heterocycles. The summed E-state index contributed by atoms with van der Waals surface area (Å²) in [5, 5.41) is 11.7. The highest BCUT2D eigenvalue weighted by Gasteiger charge is 2.44. The van der Waals surface area contributed by atoms with Crippen LogP contribution in [0.25, 0.3) is 11.4 Å². The second-order valence-corrected chi connectivity index (χ2v) is 11.7. The monoisotopic (exact) mass is 504 g/mol. The van der Waals surface area contributed by atoms with Crippen molar-refractivity contribution >= 4 is 10.0 Å². The van der Waals surface area contributed by atoms with Gasteiger partial charge in [0.2, 0.25) is 21.7 Å². The van der Waals surface area contributed by atoms with E-state index >= 15 is 0 Å². The van der Waals surface area contributed by atoms with E-state index in [0.717, 1.165) is 25.7 Å². The summed E-state index contributed by atoms with van der Waals surface area (Å²) in [7, 11) is -4.03. The number of hydrogen-bond donors (Lipinski definition) is 1. The molecule has 2 aromatic heterocycles. The van der Waals surface area contributed by atoms with Gasteiger partial charge in [0.1, 0.15) is 12.2 Å². The van der Waals surface area contributed by atoms with Gasteiger partial charge in [-0.2, -0.15) is 4.98 Å². The number of rotatable bonds is 7. The van der Waals surface area contributed by atoms with Gasteiger partial charge >= 0.3 is 0 Å². The van der Waals surface area contributed by atoms with Gasteiger partial charge in [-0.3, -0.25) is 0 Å². The molecule has 3 aromatic rings. The molecule has 0 bridgehead atoms. The van der Waals surface area contributed by atoms with E-state index in [4.69, 9.17) is 4.52 Å². The molecule has 9 nitrogen and oxygen atoms in total. The number of halogens is 2. The summed E-state index contributed by atoms with van der Waals surface area (Å²) in [5.41, 5.74) is 1.36. The molecular weight excluding hydrogens is 478 g/mol. The molecule has 35 heavy (non-hydrogen) atoms. The molecule has 3 aliphatic rings. The molecule has 3 aliphatic carbocycles. The second kappa shape index (κ2) is 8.16. The summed E-state index contributed by atoms with van der Waals surface area (Å²) in [6.45, 7) is 1.69.